The molecule has 0 bridgehead atoms. The van der Waals surface area contributed by atoms with Gasteiger partial charge in [-0.25, -0.2) is 4.79 Å². The maximum atomic E-state index is 11.7. The van der Waals surface area contributed by atoms with Crippen LogP contribution in [-0.4, -0.2) is 28.2 Å². The van der Waals surface area contributed by atoms with E-state index in [2.05, 4.69) is 16.6 Å². The Morgan fingerprint density at radius 2 is 2.37 bits per heavy atom. The van der Waals surface area contributed by atoms with Gasteiger partial charge in [-0.15, -0.1) is 11.7 Å². The van der Waals surface area contributed by atoms with Crippen molar-refractivity contribution >= 4 is 22.5 Å². The van der Waals surface area contributed by atoms with E-state index < -0.39 is 5.69 Å². The van der Waals surface area contributed by atoms with Gasteiger partial charge in [-0.05, 0) is 19.8 Å². The molecule has 1 aromatic heterocycles. The molecule has 0 radical (unpaired) electrons. The summed E-state index contributed by atoms with van der Waals surface area (Å²) in [6, 6.07) is 0. The second-order valence-electron chi connectivity index (χ2n) is 4.39. The molecule has 0 spiro atoms. The zero-order valence-corrected chi connectivity index (χ0v) is 12.2. The standard InChI is InChI=1S/C11H16N2O4S2/c1-7-4-13(11(15)12-10(7)14)9-3-2-8(17-9)5-16-6-19-18/h4,8-9,18H,2-3,5-6H2,1H3,(H,12,14,15)/t8-,9+/m0/s1. The molecule has 0 aliphatic carbocycles. The highest BCUT2D eigenvalue weighted by molar-refractivity contribution is 8.68. The van der Waals surface area contributed by atoms with Crippen LogP contribution in [0.5, 0.6) is 0 Å². The Balaban J connectivity index is 2.03. The Kier molecular flexibility index (Phi) is 5.14. The number of thiol groups is 1. The Labute approximate surface area is 119 Å². The molecule has 106 valence electrons. The third-order valence-corrected chi connectivity index (χ3v) is 3.57. The molecular weight excluding hydrogens is 288 g/mol. The molecule has 1 fully saturated rings. The van der Waals surface area contributed by atoms with Crippen LogP contribution < -0.4 is 11.2 Å². The highest BCUT2D eigenvalue weighted by Gasteiger charge is 2.27. The first-order valence-electron chi connectivity index (χ1n) is 5.93. The molecule has 2 heterocycles. The number of ether oxygens (including phenoxy) is 2. The van der Waals surface area contributed by atoms with E-state index in [1.165, 1.54) is 15.4 Å². The smallest absolute Gasteiger partial charge is 0.330 e. The second kappa shape index (κ2) is 6.65. The summed E-state index contributed by atoms with van der Waals surface area (Å²) < 4.78 is 12.5. The van der Waals surface area contributed by atoms with Gasteiger partial charge in [-0.3, -0.25) is 14.3 Å². The van der Waals surface area contributed by atoms with Crippen LogP contribution in [-0.2, 0) is 9.47 Å². The Morgan fingerprint density at radius 3 is 3.11 bits per heavy atom. The summed E-state index contributed by atoms with van der Waals surface area (Å²) in [5.74, 6) is 0.505. The van der Waals surface area contributed by atoms with Gasteiger partial charge in [0.1, 0.15) is 12.2 Å². The van der Waals surface area contributed by atoms with Crippen LogP contribution in [0, 0.1) is 6.92 Å². The van der Waals surface area contributed by atoms with Crippen molar-refractivity contribution in [3.05, 3.63) is 32.6 Å². The molecule has 0 unspecified atom stereocenters. The topological polar surface area (TPSA) is 73.3 Å². The maximum absolute atomic E-state index is 11.7. The molecular formula is C11H16N2O4S2. The van der Waals surface area contributed by atoms with Crippen molar-refractivity contribution in [3.63, 3.8) is 0 Å². The molecule has 1 aromatic rings. The van der Waals surface area contributed by atoms with Gasteiger partial charge in [0.25, 0.3) is 5.56 Å². The van der Waals surface area contributed by atoms with Crippen LogP contribution >= 0.6 is 22.5 Å². The molecule has 1 N–H and O–H groups in total. The predicted molar refractivity (Wildman–Crippen MR) is 76.6 cm³/mol. The second-order valence-corrected chi connectivity index (χ2v) is 5.65. The zero-order valence-electron chi connectivity index (χ0n) is 10.5. The van der Waals surface area contributed by atoms with Crippen LogP contribution in [0.1, 0.15) is 24.6 Å². The van der Waals surface area contributed by atoms with Crippen LogP contribution in [0.25, 0.3) is 0 Å². The van der Waals surface area contributed by atoms with E-state index >= 15 is 0 Å². The maximum Gasteiger partial charge on any atom is 0.330 e. The number of hydrogen-bond acceptors (Lipinski definition) is 6. The summed E-state index contributed by atoms with van der Waals surface area (Å²) in [6.45, 7) is 2.15. The van der Waals surface area contributed by atoms with Gasteiger partial charge in [-0.1, -0.05) is 10.8 Å². The summed E-state index contributed by atoms with van der Waals surface area (Å²) >= 11 is 3.98. The van der Waals surface area contributed by atoms with Crippen molar-refractivity contribution in [2.75, 3.05) is 12.5 Å². The van der Waals surface area contributed by atoms with E-state index in [-0.39, 0.29) is 17.9 Å². The molecule has 6 nitrogen and oxygen atoms in total. The molecule has 1 aliphatic rings. The van der Waals surface area contributed by atoms with Crippen molar-refractivity contribution < 1.29 is 9.47 Å². The summed E-state index contributed by atoms with van der Waals surface area (Å²) in [7, 11) is 1.31. The van der Waals surface area contributed by atoms with Crippen molar-refractivity contribution in [1.82, 2.24) is 9.55 Å². The zero-order chi connectivity index (χ0) is 13.8. The number of nitrogens with one attached hydrogen (secondary N) is 1. The van der Waals surface area contributed by atoms with Crippen LogP contribution in [0.4, 0.5) is 0 Å². The highest BCUT2D eigenvalue weighted by Crippen LogP contribution is 2.27. The lowest BCUT2D eigenvalue weighted by Gasteiger charge is -2.16. The predicted octanol–water partition coefficient (Wildman–Crippen LogP) is 1.07. The van der Waals surface area contributed by atoms with E-state index in [1.807, 2.05) is 0 Å². The van der Waals surface area contributed by atoms with E-state index in [1.54, 1.807) is 13.1 Å². The normalized spacial score (nSPS) is 22.8. The Morgan fingerprint density at radius 1 is 1.58 bits per heavy atom. The van der Waals surface area contributed by atoms with Gasteiger partial charge in [0.05, 0.1) is 12.7 Å². The molecule has 0 saturated carbocycles. The lowest BCUT2D eigenvalue weighted by Crippen LogP contribution is -2.33. The fraction of sp³-hybridized carbons (Fsp3) is 0.636. The Hall–Kier alpha value is -0.700. The highest BCUT2D eigenvalue weighted by atomic mass is 33.1. The fourth-order valence-corrected chi connectivity index (χ4v) is 2.43. The molecule has 0 amide bonds. The number of nitrogens with zero attached hydrogens (tertiary/aromatic N) is 1. The number of hydrogen-bond donors (Lipinski definition) is 2. The number of aryl methyl sites for hydroxylation is 1. The quantitative estimate of drug-likeness (QED) is 0.368. The molecule has 0 aromatic carbocycles. The van der Waals surface area contributed by atoms with Gasteiger partial charge in [-0.2, -0.15) is 0 Å². The number of rotatable bonds is 5. The van der Waals surface area contributed by atoms with Crippen molar-refractivity contribution in [1.29, 1.82) is 0 Å². The third-order valence-electron chi connectivity index (χ3n) is 2.98. The van der Waals surface area contributed by atoms with E-state index in [9.17, 15) is 9.59 Å². The van der Waals surface area contributed by atoms with E-state index in [0.717, 1.165) is 12.8 Å². The first-order chi connectivity index (χ1) is 9.11. The Bertz CT molecular complexity index is 542. The minimum atomic E-state index is -0.437. The van der Waals surface area contributed by atoms with Gasteiger partial charge in [0.15, 0.2) is 0 Å². The van der Waals surface area contributed by atoms with Gasteiger partial charge in [0.2, 0.25) is 0 Å². The number of aromatic nitrogens is 2. The monoisotopic (exact) mass is 304 g/mol. The van der Waals surface area contributed by atoms with Crippen LogP contribution in [0.3, 0.4) is 0 Å². The van der Waals surface area contributed by atoms with E-state index in [4.69, 9.17) is 9.47 Å². The average molecular weight is 304 g/mol. The first-order valence-corrected chi connectivity index (χ1v) is 7.97. The van der Waals surface area contributed by atoms with Gasteiger partial charge < -0.3 is 9.47 Å². The molecule has 1 aliphatic heterocycles. The summed E-state index contributed by atoms with van der Waals surface area (Å²) in [5.41, 5.74) is -0.299. The molecule has 2 atom stereocenters. The summed E-state index contributed by atoms with van der Waals surface area (Å²) in [5, 5.41) is 0. The minimum absolute atomic E-state index is 0.0235. The fourth-order valence-electron chi connectivity index (χ4n) is 2.03. The number of H-pyrrole nitrogens is 1. The molecule has 1 saturated heterocycles. The molecule has 8 heteroatoms. The van der Waals surface area contributed by atoms with Gasteiger partial charge in [0, 0.05) is 11.8 Å². The third kappa shape index (κ3) is 3.65. The van der Waals surface area contributed by atoms with Crippen molar-refractivity contribution in [2.45, 2.75) is 32.1 Å². The SMILES string of the molecule is Cc1cn([C@H]2CC[C@@H](COCSS)O2)c(=O)[nH]c1=O. The lowest BCUT2D eigenvalue weighted by atomic mass is 10.2. The van der Waals surface area contributed by atoms with Gasteiger partial charge >= 0.3 is 5.69 Å². The van der Waals surface area contributed by atoms with Crippen LogP contribution in [0.2, 0.25) is 0 Å². The first kappa shape index (κ1) is 14.7. The summed E-state index contributed by atoms with van der Waals surface area (Å²) in [6.07, 6.45) is 2.74. The minimum Gasteiger partial charge on any atom is -0.367 e. The largest absolute Gasteiger partial charge is 0.367 e. The molecule has 19 heavy (non-hydrogen) atoms. The van der Waals surface area contributed by atoms with Crippen LogP contribution in [0.15, 0.2) is 15.8 Å². The van der Waals surface area contributed by atoms with Crippen molar-refractivity contribution in [3.8, 4) is 0 Å². The average Bonchev–Trinajstić information content (AvgIpc) is 2.83. The lowest BCUT2D eigenvalue weighted by molar-refractivity contribution is -0.0357. The van der Waals surface area contributed by atoms with Crippen molar-refractivity contribution in [2.24, 2.45) is 0 Å². The number of aromatic amines is 1. The summed E-state index contributed by atoms with van der Waals surface area (Å²) in [4.78, 5) is 25.3. The van der Waals surface area contributed by atoms with E-state index in [0.29, 0.717) is 18.1 Å². The molecule has 2 rings (SSSR count).